The van der Waals surface area contributed by atoms with Crippen LogP contribution in [0.3, 0.4) is 0 Å². The van der Waals surface area contributed by atoms with Crippen LogP contribution in [0.5, 0.6) is 0 Å². The predicted octanol–water partition coefficient (Wildman–Crippen LogP) is 2.48. The van der Waals surface area contributed by atoms with Crippen molar-refractivity contribution in [2.75, 3.05) is 44.7 Å². The van der Waals surface area contributed by atoms with E-state index in [2.05, 4.69) is 20.3 Å². The zero-order valence-corrected chi connectivity index (χ0v) is 14.2. The minimum absolute atomic E-state index is 0.412. The second-order valence-corrected chi connectivity index (χ2v) is 6.74. The van der Waals surface area contributed by atoms with E-state index in [1.165, 1.54) is 23.5 Å². The van der Waals surface area contributed by atoms with Crippen LogP contribution in [-0.2, 0) is 4.74 Å². The van der Waals surface area contributed by atoms with Gasteiger partial charge in [-0.05, 0) is 12.1 Å². The molecular weight excluding hydrogens is 348 g/mol. The topological polar surface area (TPSA) is 54.7 Å². The third kappa shape index (κ3) is 3.63. The Morgan fingerprint density at radius 2 is 1.92 bits per heavy atom. The summed E-state index contributed by atoms with van der Waals surface area (Å²) in [5.41, 5.74) is 0.973. The van der Waals surface area contributed by atoms with Gasteiger partial charge < -0.3 is 10.1 Å². The van der Waals surface area contributed by atoms with E-state index in [4.69, 9.17) is 4.74 Å². The molecule has 9 heteroatoms. The maximum absolute atomic E-state index is 13.5. The van der Waals surface area contributed by atoms with Crippen molar-refractivity contribution in [3.63, 3.8) is 0 Å². The molecule has 0 radical (unpaired) electrons. The van der Waals surface area contributed by atoms with Crippen LogP contribution in [0.25, 0.3) is 16.2 Å². The van der Waals surface area contributed by atoms with Crippen molar-refractivity contribution in [3.05, 3.63) is 36.0 Å². The Bertz CT molecular complexity index is 854. The molecule has 25 heavy (non-hydrogen) atoms. The molecule has 0 spiro atoms. The van der Waals surface area contributed by atoms with Gasteiger partial charge in [0.25, 0.3) is 0 Å². The Morgan fingerprint density at radius 3 is 2.68 bits per heavy atom. The Labute approximate surface area is 147 Å². The molecule has 0 atom stereocenters. The summed E-state index contributed by atoms with van der Waals surface area (Å²) < 4.78 is 33.8. The zero-order valence-electron chi connectivity index (χ0n) is 13.4. The van der Waals surface area contributed by atoms with Gasteiger partial charge in [0, 0.05) is 37.8 Å². The molecule has 0 bridgehead atoms. The zero-order chi connectivity index (χ0) is 17.2. The number of nitrogens with one attached hydrogen (secondary N) is 1. The van der Waals surface area contributed by atoms with Crippen molar-refractivity contribution in [2.45, 2.75) is 0 Å². The van der Waals surface area contributed by atoms with E-state index in [9.17, 15) is 8.78 Å². The van der Waals surface area contributed by atoms with Crippen LogP contribution in [0.4, 0.5) is 13.9 Å². The highest BCUT2D eigenvalue weighted by atomic mass is 32.1. The van der Waals surface area contributed by atoms with Gasteiger partial charge in [0.15, 0.2) is 0 Å². The number of fused-ring (bicyclic) bond motifs is 1. The molecule has 1 aliphatic heterocycles. The minimum atomic E-state index is -0.621. The molecule has 0 amide bonds. The molecule has 3 aromatic rings. The Kier molecular flexibility index (Phi) is 4.60. The maximum atomic E-state index is 13.5. The molecule has 1 fully saturated rings. The van der Waals surface area contributed by atoms with Gasteiger partial charge in [0.2, 0.25) is 10.1 Å². The van der Waals surface area contributed by atoms with Crippen molar-refractivity contribution in [1.29, 1.82) is 0 Å². The summed E-state index contributed by atoms with van der Waals surface area (Å²) in [6, 6.07) is 3.40. The fourth-order valence-electron chi connectivity index (χ4n) is 2.81. The summed E-state index contributed by atoms with van der Waals surface area (Å²) in [5, 5.41) is 8.48. The number of imidazole rings is 1. The molecule has 3 heterocycles. The lowest BCUT2D eigenvalue weighted by molar-refractivity contribution is 0.0398. The van der Waals surface area contributed by atoms with Crippen LogP contribution in [0.1, 0.15) is 0 Å². The Balaban J connectivity index is 1.48. The van der Waals surface area contributed by atoms with Gasteiger partial charge >= 0.3 is 0 Å². The molecule has 0 unspecified atom stereocenters. The van der Waals surface area contributed by atoms with Gasteiger partial charge in [0.05, 0.1) is 25.1 Å². The maximum Gasteiger partial charge on any atom is 0.214 e. The fourth-order valence-corrected chi connectivity index (χ4v) is 3.61. The minimum Gasteiger partial charge on any atom is -0.379 e. The highest BCUT2D eigenvalue weighted by Crippen LogP contribution is 2.27. The van der Waals surface area contributed by atoms with Gasteiger partial charge in [-0.25, -0.2) is 18.3 Å². The number of hydrogen-bond acceptors (Lipinski definition) is 6. The standard InChI is InChI=1S/C16H17F2N5OS/c17-12-7-11(8-13(18)9-12)14-10-20-16-23(14)21-15(25-16)19-1-2-22-3-5-24-6-4-22/h7-10H,1-6H2,(H,19,21). The molecule has 0 saturated carbocycles. The number of halogens is 2. The number of morpholine rings is 1. The van der Waals surface area contributed by atoms with E-state index in [1.54, 1.807) is 10.7 Å². The fraction of sp³-hybridized carbons (Fsp3) is 0.375. The predicted molar refractivity (Wildman–Crippen MR) is 92.0 cm³/mol. The van der Waals surface area contributed by atoms with E-state index < -0.39 is 11.6 Å². The SMILES string of the molecule is Fc1cc(F)cc(-c2cnc3sc(NCCN4CCOCC4)nn23)c1. The average Bonchev–Trinajstić information content (AvgIpc) is 3.15. The highest BCUT2D eigenvalue weighted by Gasteiger charge is 2.14. The number of rotatable bonds is 5. The van der Waals surface area contributed by atoms with Crippen LogP contribution in [0, 0.1) is 11.6 Å². The molecule has 4 rings (SSSR count). The van der Waals surface area contributed by atoms with Crippen molar-refractivity contribution in [1.82, 2.24) is 19.5 Å². The smallest absolute Gasteiger partial charge is 0.214 e. The molecule has 2 aromatic heterocycles. The summed E-state index contributed by atoms with van der Waals surface area (Å²) in [7, 11) is 0. The van der Waals surface area contributed by atoms with Crippen LogP contribution < -0.4 is 5.32 Å². The number of ether oxygens (including phenoxy) is 1. The monoisotopic (exact) mass is 365 g/mol. The summed E-state index contributed by atoms with van der Waals surface area (Å²) in [5.74, 6) is -1.24. The van der Waals surface area contributed by atoms with Crippen LogP contribution in [0.15, 0.2) is 24.4 Å². The number of benzene rings is 1. The molecule has 0 aliphatic carbocycles. The van der Waals surface area contributed by atoms with Gasteiger partial charge in [0.1, 0.15) is 11.6 Å². The molecule has 1 aromatic carbocycles. The first-order valence-corrected chi connectivity index (χ1v) is 8.86. The first-order valence-electron chi connectivity index (χ1n) is 8.04. The molecule has 1 saturated heterocycles. The first-order chi connectivity index (χ1) is 12.2. The summed E-state index contributed by atoms with van der Waals surface area (Å²) >= 11 is 1.41. The Hall–Kier alpha value is -2.10. The molecule has 6 nitrogen and oxygen atoms in total. The van der Waals surface area contributed by atoms with Crippen LogP contribution in [0.2, 0.25) is 0 Å². The quantitative estimate of drug-likeness (QED) is 0.753. The van der Waals surface area contributed by atoms with Gasteiger partial charge in [-0.1, -0.05) is 11.3 Å². The van der Waals surface area contributed by atoms with E-state index >= 15 is 0 Å². The Morgan fingerprint density at radius 1 is 1.16 bits per heavy atom. The van der Waals surface area contributed by atoms with Crippen molar-refractivity contribution >= 4 is 21.4 Å². The van der Waals surface area contributed by atoms with Crippen LogP contribution in [-0.4, -0.2) is 58.9 Å². The van der Waals surface area contributed by atoms with E-state index in [-0.39, 0.29) is 0 Å². The largest absolute Gasteiger partial charge is 0.379 e. The summed E-state index contributed by atoms with van der Waals surface area (Å²) in [6.45, 7) is 5.11. The van der Waals surface area contributed by atoms with Crippen molar-refractivity contribution in [2.24, 2.45) is 0 Å². The average molecular weight is 365 g/mol. The molecule has 132 valence electrons. The highest BCUT2D eigenvalue weighted by molar-refractivity contribution is 7.20. The van der Waals surface area contributed by atoms with Gasteiger partial charge in [-0.15, -0.1) is 5.10 Å². The molecular formula is C16H17F2N5OS. The van der Waals surface area contributed by atoms with E-state index in [0.717, 1.165) is 50.6 Å². The third-order valence-electron chi connectivity index (χ3n) is 4.05. The van der Waals surface area contributed by atoms with Crippen molar-refractivity contribution < 1.29 is 13.5 Å². The lowest BCUT2D eigenvalue weighted by Gasteiger charge is -2.26. The van der Waals surface area contributed by atoms with Crippen molar-refractivity contribution in [3.8, 4) is 11.3 Å². The number of hydrogen-bond donors (Lipinski definition) is 1. The van der Waals surface area contributed by atoms with Gasteiger partial charge in [-0.3, -0.25) is 4.90 Å². The third-order valence-corrected chi connectivity index (χ3v) is 4.93. The lowest BCUT2D eigenvalue weighted by Crippen LogP contribution is -2.39. The van der Waals surface area contributed by atoms with Gasteiger partial charge in [-0.2, -0.15) is 0 Å². The summed E-state index contributed by atoms with van der Waals surface area (Å²) in [6.07, 6.45) is 1.57. The second kappa shape index (κ2) is 7.03. The molecule has 1 aliphatic rings. The number of nitrogens with zero attached hydrogens (tertiary/aromatic N) is 4. The van der Waals surface area contributed by atoms with Crippen LogP contribution >= 0.6 is 11.3 Å². The number of anilines is 1. The lowest BCUT2D eigenvalue weighted by atomic mass is 10.1. The molecule has 1 N–H and O–H groups in total. The van der Waals surface area contributed by atoms with E-state index in [0.29, 0.717) is 16.2 Å². The second-order valence-electron chi connectivity index (χ2n) is 5.78. The normalized spacial score (nSPS) is 15.8. The number of aromatic nitrogens is 3. The van der Waals surface area contributed by atoms with E-state index in [1.807, 2.05) is 0 Å². The summed E-state index contributed by atoms with van der Waals surface area (Å²) in [4.78, 5) is 7.28. The first kappa shape index (κ1) is 16.4.